The van der Waals surface area contributed by atoms with Crippen LogP contribution in [0.2, 0.25) is 0 Å². The molecule has 0 radical (unpaired) electrons. The van der Waals surface area contributed by atoms with Crippen LogP contribution in [-0.2, 0) is 19.9 Å². The summed E-state index contributed by atoms with van der Waals surface area (Å²) in [5.41, 5.74) is 2.08. The second-order valence-corrected chi connectivity index (χ2v) is 5.07. The molecule has 86 valence electrons. The molecular weight excluding hydrogens is 188 g/mol. The highest BCUT2D eigenvalue weighted by Crippen LogP contribution is 2.25. The predicted molar refractivity (Wildman–Crippen MR) is 62.0 cm³/mol. The number of nitrogens with zero attached hydrogens (tertiary/aromatic N) is 2. The summed E-state index contributed by atoms with van der Waals surface area (Å²) in [4.78, 5) is 0. The van der Waals surface area contributed by atoms with E-state index in [1.54, 1.807) is 11.7 Å². The molecule has 1 heterocycles. The zero-order chi connectivity index (χ0) is 11.6. The molecule has 3 heteroatoms. The van der Waals surface area contributed by atoms with Gasteiger partial charge in [-0.15, -0.1) is 0 Å². The van der Waals surface area contributed by atoms with E-state index in [0.29, 0.717) is 17.7 Å². The van der Waals surface area contributed by atoms with Gasteiger partial charge in [-0.25, -0.2) is 4.68 Å². The standard InChI is InChI=1S/C12H22N2O/c1-8(2)6-10-11(7-9(3)4)13-14(5)12(10)15/h8-9,15H,6-7H2,1-5H3. The molecule has 0 fully saturated rings. The maximum Gasteiger partial charge on any atom is 0.212 e. The molecule has 15 heavy (non-hydrogen) atoms. The smallest absolute Gasteiger partial charge is 0.212 e. The second-order valence-electron chi connectivity index (χ2n) is 5.07. The lowest BCUT2D eigenvalue weighted by atomic mass is 9.98. The molecular formula is C12H22N2O. The van der Waals surface area contributed by atoms with Crippen LogP contribution < -0.4 is 0 Å². The summed E-state index contributed by atoms with van der Waals surface area (Å²) in [6.07, 6.45) is 1.85. The number of aromatic nitrogens is 2. The van der Waals surface area contributed by atoms with E-state index in [-0.39, 0.29) is 0 Å². The Labute approximate surface area is 92.1 Å². The lowest BCUT2D eigenvalue weighted by Gasteiger charge is -2.07. The highest BCUT2D eigenvalue weighted by Gasteiger charge is 2.16. The quantitative estimate of drug-likeness (QED) is 0.829. The Morgan fingerprint density at radius 2 is 1.67 bits per heavy atom. The van der Waals surface area contributed by atoms with E-state index in [1.165, 1.54) is 0 Å². The average molecular weight is 210 g/mol. The Balaban J connectivity index is 2.98. The van der Waals surface area contributed by atoms with Crippen LogP contribution in [0.25, 0.3) is 0 Å². The van der Waals surface area contributed by atoms with Gasteiger partial charge in [-0.1, -0.05) is 27.7 Å². The molecule has 0 aromatic carbocycles. The monoisotopic (exact) mass is 210 g/mol. The summed E-state index contributed by atoms with van der Waals surface area (Å²) in [6.45, 7) is 8.66. The van der Waals surface area contributed by atoms with E-state index < -0.39 is 0 Å². The van der Waals surface area contributed by atoms with Crippen molar-refractivity contribution in [3.63, 3.8) is 0 Å². The highest BCUT2D eigenvalue weighted by molar-refractivity contribution is 5.31. The lowest BCUT2D eigenvalue weighted by molar-refractivity contribution is 0.411. The molecule has 0 amide bonds. The van der Waals surface area contributed by atoms with Crippen molar-refractivity contribution in [2.24, 2.45) is 18.9 Å². The fourth-order valence-electron chi connectivity index (χ4n) is 1.78. The fourth-order valence-corrected chi connectivity index (χ4v) is 1.78. The fraction of sp³-hybridized carbons (Fsp3) is 0.750. The molecule has 3 nitrogen and oxygen atoms in total. The Bertz CT molecular complexity index is 327. The van der Waals surface area contributed by atoms with Gasteiger partial charge in [0.05, 0.1) is 5.69 Å². The van der Waals surface area contributed by atoms with Crippen molar-refractivity contribution in [2.75, 3.05) is 0 Å². The van der Waals surface area contributed by atoms with Crippen LogP contribution in [0, 0.1) is 11.8 Å². The molecule has 0 aliphatic carbocycles. The molecule has 0 atom stereocenters. The second kappa shape index (κ2) is 4.69. The number of aryl methyl sites for hydroxylation is 1. The zero-order valence-electron chi connectivity index (χ0n) is 10.4. The van der Waals surface area contributed by atoms with Crippen molar-refractivity contribution in [2.45, 2.75) is 40.5 Å². The largest absolute Gasteiger partial charge is 0.493 e. The molecule has 1 aromatic heterocycles. The Morgan fingerprint density at radius 3 is 2.13 bits per heavy atom. The van der Waals surface area contributed by atoms with Gasteiger partial charge in [0.15, 0.2) is 0 Å². The minimum Gasteiger partial charge on any atom is -0.493 e. The van der Waals surface area contributed by atoms with Gasteiger partial charge >= 0.3 is 0 Å². The van der Waals surface area contributed by atoms with Gasteiger partial charge < -0.3 is 5.11 Å². The van der Waals surface area contributed by atoms with Crippen molar-refractivity contribution in [3.8, 4) is 5.88 Å². The minimum atomic E-state index is 0.333. The maximum absolute atomic E-state index is 9.88. The van der Waals surface area contributed by atoms with Gasteiger partial charge in [0.25, 0.3) is 0 Å². The molecule has 0 saturated carbocycles. The summed E-state index contributed by atoms with van der Waals surface area (Å²) in [6, 6.07) is 0. The molecule has 1 aromatic rings. The molecule has 1 N–H and O–H groups in total. The van der Waals surface area contributed by atoms with E-state index in [2.05, 4.69) is 32.8 Å². The molecule has 0 unspecified atom stereocenters. The molecule has 0 spiro atoms. The van der Waals surface area contributed by atoms with Gasteiger partial charge in [-0.2, -0.15) is 5.10 Å². The van der Waals surface area contributed by atoms with Crippen LogP contribution >= 0.6 is 0 Å². The van der Waals surface area contributed by atoms with Gasteiger partial charge in [-0.05, 0) is 24.7 Å². The Hall–Kier alpha value is -0.990. The number of hydrogen-bond acceptors (Lipinski definition) is 2. The molecule has 0 bridgehead atoms. The first-order valence-corrected chi connectivity index (χ1v) is 5.65. The Morgan fingerprint density at radius 1 is 1.13 bits per heavy atom. The average Bonchev–Trinajstić information content (AvgIpc) is 2.31. The van der Waals surface area contributed by atoms with Crippen LogP contribution in [0.15, 0.2) is 0 Å². The number of aromatic hydroxyl groups is 1. The van der Waals surface area contributed by atoms with Gasteiger partial charge in [0.2, 0.25) is 5.88 Å². The third kappa shape index (κ3) is 2.98. The number of hydrogen-bond donors (Lipinski definition) is 1. The van der Waals surface area contributed by atoms with E-state index in [4.69, 9.17) is 0 Å². The van der Waals surface area contributed by atoms with E-state index in [9.17, 15) is 5.11 Å². The SMILES string of the molecule is CC(C)Cc1nn(C)c(O)c1CC(C)C. The van der Waals surface area contributed by atoms with Crippen LogP contribution in [0.5, 0.6) is 5.88 Å². The Kier molecular flexibility index (Phi) is 3.77. The first-order valence-electron chi connectivity index (χ1n) is 5.65. The maximum atomic E-state index is 9.88. The van der Waals surface area contributed by atoms with Crippen LogP contribution in [0.3, 0.4) is 0 Å². The molecule has 1 rings (SSSR count). The van der Waals surface area contributed by atoms with E-state index in [0.717, 1.165) is 24.1 Å². The van der Waals surface area contributed by atoms with E-state index in [1.807, 2.05) is 0 Å². The normalized spacial score (nSPS) is 11.7. The summed E-state index contributed by atoms with van der Waals surface area (Å²) in [5.74, 6) is 1.45. The highest BCUT2D eigenvalue weighted by atomic mass is 16.3. The zero-order valence-corrected chi connectivity index (χ0v) is 10.4. The van der Waals surface area contributed by atoms with Gasteiger partial charge in [0, 0.05) is 12.6 Å². The first kappa shape index (κ1) is 12.1. The van der Waals surface area contributed by atoms with Crippen molar-refractivity contribution in [1.29, 1.82) is 0 Å². The number of rotatable bonds is 4. The van der Waals surface area contributed by atoms with Crippen molar-refractivity contribution >= 4 is 0 Å². The summed E-state index contributed by atoms with van der Waals surface area (Å²) >= 11 is 0. The van der Waals surface area contributed by atoms with Crippen molar-refractivity contribution < 1.29 is 5.11 Å². The molecule has 0 saturated heterocycles. The topological polar surface area (TPSA) is 38.0 Å². The van der Waals surface area contributed by atoms with Crippen LogP contribution in [0.1, 0.15) is 39.0 Å². The van der Waals surface area contributed by atoms with Crippen molar-refractivity contribution in [1.82, 2.24) is 9.78 Å². The third-order valence-corrected chi connectivity index (χ3v) is 2.41. The van der Waals surface area contributed by atoms with Crippen LogP contribution in [0.4, 0.5) is 0 Å². The van der Waals surface area contributed by atoms with Crippen LogP contribution in [-0.4, -0.2) is 14.9 Å². The van der Waals surface area contributed by atoms with Gasteiger partial charge in [-0.3, -0.25) is 0 Å². The van der Waals surface area contributed by atoms with E-state index >= 15 is 0 Å². The third-order valence-electron chi connectivity index (χ3n) is 2.41. The van der Waals surface area contributed by atoms with Gasteiger partial charge in [0.1, 0.15) is 0 Å². The molecule has 0 aliphatic rings. The minimum absolute atomic E-state index is 0.333. The summed E-state index contributed by atoms with van der Waals surface area (Å²) in [7, 11) is 1.79. The van der Waals surface area contributed by atoms with Crippen molar-refractivity contribution in [3.05, 3.63) is 11.3 Å². The first-order chi connectivity index (χ1) is 6.91. The molecule has 0 aliphatic heterocycles. The predicted octanol–water partition coefficient (Wildman–Crippen LogP) is 2.52. The summed E-state index contributed by atoms with van der Waals surface area (Å²) in [5, 5.41) is 14.3. The lowest BCUT2D eigenvalue weighted by Crippen LogP contribution is -2.01. The summed E-state index contributed by atoms with van der Waals surface area (Å²) < 4.78 is 1.58.